The van der Waals surface area contributed by atoms with E-state index in [2.05, 4.69) is 32.6 Å². The van der Waals surface area contributed by atoms with Crippen molar-refractivity contribution in [3.8, 4) is 5.75 Å². The summed E-state index contributed by atoms with van der Waals surface area (Å²) in [5.41, 5.74) is 3.72. The van der Waals surface area contributed by atoms with Crippen molar-refractivity contribution in [2.75, 3.05) is 0 Å². The SMILES string of the molecule is C[C@]12CC[C@@H]3c4ccc(O)cc4CC[C@H]3[C@@H]1C([Si](C)(C)C)CC2O. The highest BCUT2D eigenvalue weighted by Crippen LogP contribution is 2.66. The second-order valence-corrected chi connectivity index (χ2v) is 15.5. The minimum Gasteiger partial charge on any atom is -0.508 e. The fourth-order valence-electron chi connectivity index (χ4n) is 6.54. The van der Waals surface area contributed by atoms with Crippen LogP contribution in [0.4, 0.5) is 0 Å². The Labute approximate surface area is 147 Å². The number of phenolic OH excluding ortho intramolecular Hbond substituents is 1. The smallest absolute Gasteiger partial charge is 0.115 e. The summed E-state index contributed by atoms with van der Waals surface area (Å²) in [7, 11) is -1.30. The summed E-state index contributed by atoms with van der Waals surface area (Å²) in [6.45, 7) is 9.86. The first-order valence-corrected chi connectivity index (χ1v) is 13.3. The maximum Gasteiger partial charge on any atom is 0.115 e. The second kappa shape index (κ2) is 5.34. The van der Waals surface area contributed by atoms with Gasteiger partial charge in [-0.3, -0.25) is 0 Å². The Morgan fingerprint density at radius 1 is 1.17 bits per heavy atom. The van der Waals surface area contributed by atoms with Gasteiger partial charge in [-0.05, 0) is 84.1 Å². The fourth-order valence-corrected chi connectivity index (χ4v) is 9.18. The molecule has 132 valence electrons. The van der Waals surface area contributed by atoms with E-state index < -0.39 is 8.07 Å². The number of aliphatic hydroxyl groups is 1. The van der Waals surface area contributed by atoms with Crippen LogP contribution in [0.5, 0.6) is 5.75 Å². The molecule has 0 aliphatic heterocycles. The lowest BCUT2D eigenvalue weighted by molar-refractivity contribution is -0.0228. The lowest BCUT2D eigenvalue weighted by atomic mass is 9.55. The molecule has 1 aromatic carbocycles. The number of aryl methyl sites for hydroxylation is 1. The number of fused-ring (bicyclic) bond motifs is 5. The third kappa shape index (κ3) is 2.31. The normalized spacial score (nSPS) is 41.5. The molecule has 0 amide bonds. The molecule has 24 heavy (non-hydrogen) atoms. The van der Waals surface area contributed by atoms with E-state index in [-0.39, 0.29) is 11.5 Å². The van der Waals surface area contributed by atoms with Crippen molar-refractivity contribution in [3.05, 3.63) is 29.3 Å². The predicted molar refractivity (Wildman–Crippen MR) is 101 cm³/mol. The van der Waals surface area contributed by atoms with Crippen LogP contribution in [0.15, 0.2) is 18.2 Å². The first-order valence-electron chi connectivity index (χ1n) is 9.71. The van der Waals surface area contributed by atoms with Crippen molar-refractivity contribution >= 4 is 8.07 Å². The van der Waals surface area contributed by atoms with Gasteiger partial charge in [-0.15, -0.1) is 0 Å². The lowest BCUT2D eigenvalue weighted by Gasteiger charge is -2.52. The Kier molecular flexibility index (Phi) is 3.71. The topological polar surface area (TPSA) is 40.5 Å². The quantitative estimate of drug-likeness (QED) is 0.709. The van der Waals surface area contributed by atoms with Gasteiger partial charge >= 0.3 is 0 Å². The largest absolute Gasteiger partial charge is 0.508 e. The molecule has 6 atom stereocenters. The molecule has 3 aliphatic rings. The van der Waals surface area contributed by atoms with E-state index >= 15 is 0 Å². The van der Waals surface area contributed by atoms with Gasteiger partial charge in [0, 0.05) is 8.07 Å². The van der Waals surface area contributed by atoms with Gasteiger partial charge in [-0.2, -0.15) is 0 Å². The van der Waals surface area contributed by atoms with Crippen LogP contribution in [-0.4, -0.2) is 24.4 Å². The van der Waals surface area contributed by atoms with Crippen LogP contribution in [0.2, 0.25) is 25.2 Å². The molecule has 3 aliphatic carbocycles. The summed E-state index contributed by atoms with van der Waals surface area (Å²) in [4.78, 5) is 0. The van der Waals surface area contributed by atoms with Crippen molar-refractivity contribution < 1.29 is 10.2 Å². The molecule has 2 N–H and O–H groups in total. The van der Waals surface area contributed by atoms with Crippen LogP contribution in [0, 0.1) is 17.3 Å². The van der Waals surface area contributed by atoms with E-state index in [1.165, 1.54) is 24.0 Å². The van der Waals surface area contributed by atoms with Crippen LogP contribution in [0.25, 0.3) is 0 Å². The van der Waals surface area contributed by atoms with Gasteiger partial charge in [0.25, 0.3) is 0 Å². The van der Waals surface area contributed by atoms with Gasteiger partial charge in [-0.1, -0.05) is 32.6 Å². The van der Waals surface area contributed by atoms with Crippen molar-refractivity contribution in [2.45, 2.75) is 76.2 Å². The Balaban J connectivity index is 1.75. The lowest BCUT2D eigenvalue weighted by Crippen LogP contribution is -2.47. The highest BCUT2D eigenvalue weighted by molar-refractivity contribution is 6.77. The van der Waals surface area contributed by atoms with Crippen LogP contribution in [0.3, 0.4) is 0 Å². The highest BCUT2D eigenvalue weighted by Gasteiger charge is 2.60. The molecule has 0 saturated heterocycles. The van der Waals surface area contributed by atoms with Gasteiger partial charge in [0.15, 0.2) is 0 Å². The van der Waals surface area contributed by atoms with Crippen LogP contribution < -0.4 is 0 Å². The van der Waals surface area contributed by atoms with E-state index in [1.54, 1.807) is 0 Å². The number of aliphatic hydroxyl groups excluding tert-OH is 1. The van der Waals surface area contributed by atoms with Crippen molar-refractivity contribution in [3.63, 3.8) is 0 Å². The van der Waals surface area contributed by atoms with E-state index in [0.717, 1.165) is 30.7 Å². The monoisotopic (exact) mass is 344 g/mol. The van der Waals surface area contributed by atoms with Gasteiger partial charge < -0.3 is 10.2 Å². The summed E-state index contributed by atoms with van der Waals surface area (Å²) in [5, 5.41) is 20.8. The number of hydrogen-bond donors (Lipinski definition) is 2. The van der Waals surface area contributed by atoms with E-state index in [1.807, 2.05) is 12.1 Å². The molecular formula is C21H32O2Si. The Bertz CT molecular complexity index is 650. The molecule has 3 heteroatoms. The maximum atomic E-state index is 10.9. The molecule has 2 saturated carbocycles. The molecule has 1 aromatic rings. The van der Waals surface area contributed by atoms with E-state index in [9.17, 15) is 10.2 Å². The molecule has 2 unspecified atom stereocenters. The minimum absolute atomic E-state index is 0.110. The van der Waals surface area contributed by atoms with Gasteiger partial charge in [0.2, 0.25) is 0 Å². The first-order chi connectivity index (χ1) is 11.2. The zero-order valence-electron chi connectivity index (χ0n) is 15.5. The molecule has 2 fully saturated rings. The van der Waals surface area contributed by atoms with Crippen molar-refractivity contribution in [2.24, 2.45) is 17.3 Å². The van der Waals surface area contributed by atoms with Crippen molar-refractivity contribution in [1.29, 1.82) is 0 Å². The number of aromatic hydroxyl groups is 1. The zero-order valence-corrected chi connectivity index (χ0v) is 16.5. The minimum atomic E-state index is -1.30. The van der Waals surface area contributed by atoms with E-state index in [0.29, 0.717) is 17.6 Å². The number of rotatable bonds is 1. The Hall–Kier alpha value is -0.803. The molecule has 0 bridgehead atoms. The summed E-state index contributed by atoms with van der Waals surface area (Å²) in [5.74, 6) is 2.44. The van der Waals surface area contributed by atoms with Gasteiger partial charge in [-0.25, -0.2) is 0 Å². The first kappa shape index (κ1) is 16.7. The van der Waals surface area contributed by atoms with Gasteiger partial charge in [0.1, 0.15) is 5.75 Å². The average Bonchev–Trinajstić information content (AvgIpc) is 2.78. The molecule has 4 rings (SSSR count). The third-order valence-electron chi connectivity index (χ3n) is 7.79. The average molecular weight is 345 g/mol. The number of phenols is 1. The number of hydrogen-bond acceptors (Lipinski definition) is 2. The predicted octanol–water partition coefficient (Wildman–Crippen LogP) is 4.93. The zero-order chi connectivity index (χ0) is 17.3. The number of benzene rings is 1. The third-order valence-corrected chi connectivity index (χ3v) is 10.6. The van der Waals surface area contributed by atoms with Crippen LogP contribution in [-0.2, 0) is 6.42 Å². The second-order valence-electron chi connectivity index (χ2n) is 9.99. The summed E-state index contributed by atoms with van der Waals surface area (Å²) in [6.07, 6.45) is 5.59. The summed E-state index contributed by atoms with van der Waals surface area (Å²) < 4.78 is 0. The molecule has 0 spiro atoms. The molecule has 0 heterocycles. The molecule has 2 nitrogen and oxygen atoms in total. The van der Waals surface area contributed by atoms with E-state index in [4.69, 9.17) is 0 Å². The van der Waals surface area contributed by atoms with Crippen molar-refractivity contribution in [1.82, 2.24) is 0 Å². The molecule has 0 radical (unpaired) electrons. The maximum absolute atomic E-state index is 10.9. The van der Waals surface area contributed by atoms with Crippen LogP contribution >= 0.6 is 0 Å². The van der Waals surface area contributed by atoms with Crippen LogP contribution in [0.1, 0.15) is 49.7 Å². The molecular weight excluding hydrogens is 312 g/mol. The van der Waals surface area contributed by atoms with Gasteiger partial charge in [0.05, 0.1) is 6.10 Å². The Morgan fingerprint density at radius 2 is 1.92 bits per heavy atom. The highest BCUT2D eigenvalue weighted by atomic mass is 28.3. The summed E-state index contributed by atoms with van der Waals surface area (Å²) in [6, 6.07) is 6.03. The standard InChI is InChI=1S/C21H32O2Si/c1-21-10-9-16-15-8-6-14(22)11-13(15)5-7-17(16)20(21)18(12-19(21)23)24(2,3)4/h6,8,11,16-20,22-23H,5,7,9-10,12H2,1-4H3/t16-,17-,18?,19?,20-,21-/m1/s1. The fraction of sp³-hybridized carbons (Fsp3) is 0.714. The molecule has 0 aromatic heterocycles. The Morgan fingerprint density at radius 3 is 2.62 bits per heavy atom. The summed E-state index contributed by atoms with van der Waals surface area (Å²) >= 11 is 0.